The zero-order chi connectivity index (χ0) is 19.4. The van der Waals surface area contributed by atoms with Crippen LogP contribution in [0.15, 0.2) is 47.2 Å². The molecule has 2 nitrogen and oxygen atoms in total. The average Bonchev–Trinajstić information content (AvgIpc) is 2.66. The molecule has 0 bridgehead atoms. The van der Waals surface area contributed by atoms with Gasteiger partial charge in [0, 0.05) is 30.2 Å². The molecule has 146 valence electrons. The van der Waals surface area contributed by atoms with Crippen molar-refractivity contribution in [1.29, 1.82) is 0 Å². The summed E-state index contributed by atoms with van der Waals surface area (Å²) in [6, 6.07) is 4.36. The third-order valence-electron chi connectivity index (χ3n) is 6.85. The van der Waals surface area contributed by atoms with Crippen LogP contribution in [0.4, 0.5) is 0 Å². The number of rotatable bonds is 1. The lowest BCUT2D eigenvalue weighted by Gasteiger charge is -2.39. The van der Waals surface area contributed by atoms with Gasteiger partial charge in [0.05, 0.1) is 0 Å². The van der Waals surface area contributed by atoms with E-state index in [0.29, 0.717) is 17.3 Å². The molecule has 1 spiro atoms. The predicted molar refractivity (Wildman–Crippen MR) is 116 cm³/mol. The minimum Gasteiger partial charge on any atom is -0.261 e. The summed E-state index contributed by atoms with van der Waals surface area (Å²) in [7, 11) is 0. The second-order valence-electron chi connectivity index (χ2n) is 9.08. The Kier molecular flexibility index (Phi) is 6.34. The van der Waals surface area contributed by atoms with E-state index in [0.717, 1.165) is 17.7 Å². The molecule has 0 saturated heterocycles. The molecule has 1 aliphatic carbocycles. The summed E-state index contributed by atoms with van der Waals surface area (Å²) in [5.74, 6) is 0.906. The number of hydrogen-bond donors (Lipinski definition) is 0. The molecule has 1 atom stereocenters. The van der Waals surface area contributed by atoms with E-state index in [1.807, 2.05) is 6.20 Å². The van der Waals surface area contributed by atoms with Crippen LogP contribution >= 0.6 is 0 Å². The van der Waals surface area contributed by atoms with Crippen LogP contribution < -0.4 is 0 Å². The molecule has 2 aliphatic rings. The maximum absolute atomic E-state index is 4.99. The average molecular weight is 365 g/mol. The highest BCUT2D eigenvalue weighted by molar-refractivity contribution is 6.01. The molecule has 0 N–H and O–H groups in total. The third-order valence-corrected chi connectivity index (χ3v) is 6.85. The maximum atomic E-state index is 4.99. The van der Waals surface area contributed by atoms with Crippen LogP contribution in [0, 0.1) is 11.3 Å². The van der Waals surface area contributed by atoms with E-state index < -0.39 is 0 Å². The van der Waals surface area contributed by atoms with Crippen molar-refractivity contribution >= 4 is 5.71 Å². The lowest BCUT2D eigenvalue weighted by molar-refractivity contribution is 0.212. The van der Waals surface area contributed by atoms with Crippen molar-refractivity contribution in [1.82, 2.24) is 4.98 Å². The van der Waals surface area contributed by atoms with Crippen molar-refractivity contribution in [2.24, 2.45) is 16.3 Å². The summed E-state index contributed by atoms with van der Waals surface area (Å²) in [6.45, 7) is 13.5. The van der Waals surface area contributed by atoms with Gasteiger partial charge in [0.1, 0.15) is 0 Å². The fourth-order valence-electron chi connectivity index (χ4n) is 5.01. The summed E-state index contributed by atoms with van der Waals surface area (Å²) in [5, 5.41) is 0. The number of hydrogen-bond acceptors (Lipinski definition) is 2. The topological polar surface area (TPSA) is 25.2 Å². The molecule has 3 rings (SSSR count). The third kappa shape index (κ3) is 4.42. The van der Waals surface area contributed by atoms with Crippen molar-refractivity contribution in [2.75, 3.05) is 0 Å². The molecule has 0 aromatic carbocycles. The normalized spacial score (nSPS) is 25.8. The first-order valence-corrected chi connectivity index (χ1v) is 10.8. The second kappa shape index (κ2) is 8.54. The number of nitrogens with zero attached hydrogens (tertiary/aromatic N) is 2. The minimum atomic E-state index is 0.334. The van der Waals surface area contributed by atoms with Gasteiger partial charge in [-0.15, -0.1) is 0 Å². The highest BCUT2D eigenvalue weighted by Gasteiger charge is 2.34. The van der Waals surface area contributed by atoms with Crippen molar-refractivity contribution in [3.8, 4) is 0 Å². The zero-order valence-corrected chi connectivity index (χ0v) is 17.7. The van der Waals surface area contributed by atoms with Gasteiger partial charge in [-0.2, -0.15) is 0 Å². The Morgan fingerprint density at radius 2 is 1.89 bits per heavy atom. The Morgan fingerprint density at radius 3 is 2.59 bits per heavy atom. The molecule has 27 heavy (non-hydrogen) atoms. The number of pyridine rings is 1. The molecular weight excluding hydrogens is 328 g/mol. The Balaban J connectivity index is 2.06. The van der Waals surface area contributed by atoms with Gasteiger partial charge in [0.2, 0.25) is 0 Å². The molecule has 1 fully saturated rings. The summed E-state index contributed by atoms with van der Waals surface area (Å²) in [6.07, 6.45) is 14.1. The maximum Gasteiger partial charge on any atom is 0.0482 e. The Labute approximate surface area is 165 Å². The zero-order valence-electron chi connectivity index (χ0n) is 17.7. The van der Waals surface area contributed by atoms with Gasteiger partial charge in [-0.1, -0.05) is 52.7 Å². The second-order valence-corrected chi connectivity index (χ2v) is 9.08. The van der Waals surface area contributed by atoms with Crippen molar-refractivity contribution in [3.05, 3.63) is 53.5 Å². The predicted octanol–water partition coefficient (Wildman–Crippen LogP) is 7.03. The summed E-state index contributed by atoms with van der Waals surface area (Å²) in [4.78, 5) is 9.72. The fraction of sp³-hybridized carbons (Fsp3) is 0.600. The highest BCUT2D eigenvalue weighted by Crippen LogP contribution is 2.47. The number of aliphatic imine (C=N–C) groups is 1. The Bertz CT molecular complexity index is 732. The smallest absolute Gasteiger partial charge is 0.0482 e. The molecular formula is C25H36N2. The van der Waals surface area contributed by atoms with Gasteiger partial charge in [-0.3, -0.25) is 9.98 Å². The van der Waals surface area contributed by atoms with Crippen molar-refractivity contribution in [2.45, 2.75) is 85.0 Å². The van der Waals surface area contributed by atoms with E-state index in [4.69, 9.17) is 9.98 Å². The first kappa shape index (κ1) is 20.0. The van der Waals surface area contributed by atoms with Crippen LogP contribution in [-0.4, -0.2) is 10.7 Å². The number of fused-ring (bicyclic) bond motifs is 1. The molecule has 1 saturated carbocycles. The number of allylic oxidation sites excluding steroid dienone is 2. The van der Waals surface area contributed by atoms with E-state index in [1.165, 1.54) is 61.8 Å². The molecule has 1 aromatic heterocycles. The Hall–Kier alpha value is -1.70. The molecule has 0 radical (unpaired) electrons. The summed E-state index contributed by atoms with van der Waals surface area (Å²) < 4.78 is 0. The van der Waals surface area contributed by atoms with Crippen LogP contribution in [0.5, 0.6) is 0 Å². The van der Waals surface area contributed by atoms with Crippen molar-refractivity contribution < 1.29 is 0 Å². The summed E-state index contributed by atoms with van der Waals surface area (Å²) >= 11 is 0. The van der Waals surface area contributed by atoms with E-state index in [2.05, 4.69) is 52.6 Å². The minimum absolute atomic E-state index is 0.334. The molecule has 2 heteroatoms. The first-order valence-electron chi connectivity index (χ1n) is 10.8. The monoisotopic (exact) mass is 364 g/mol. The lowest BCUT2D eigenvalue weighted by Crippen LogP contribution is -2.26. The molecule has 1 unspecified atom stereocenters. The van der Waals surface area contributed by atoms with E-state index in [1.54, 1.807) is 0 Å². The van der Waals surface area contributed by atoms with Gasteiger partial charge in [0.15, 0.2) is 0 Å². The quantitative estimate of drug-likeness (QED) is 0.525. The molecule has 0 amide bonds. The van der Waals surface area contributed by atoms with Crippen LogP contribution in [0.1, 0.15) is 89.8 Å². The standard InChI is InChI=1S/C25H36N2/c1-18(2)24-20(4)16-23-22(10-9-15-26-23)19(3)11-14-25(21(5)17-27-24)12-7-6-8-13-25/h9-10,15,17-19H,4,6-8,11-14,16H2,1-3,5H3/b21-17+,27-24?. The molecule has 2 heterocycles. The van der Waals surface area contributed by atoms with Gasteiger partial charge >= 0.3 is 0 Å². The van der Waals surface area contributed by atoms with E-state index in [9.17, 15) is 0 Å². The first-order chi connectivity index (χ1) is 12.9. The van der Waals surface area contributed by atoms with Gasteiger partial charge in [0.25, 0.3) is 0 Å². The van der Waals surface area contributed by atoms with Gasteiger partial charge in [-0.25, -0.2) is 0 Å². The van der Waals surface area contributed by atoms with E-state index in [-0.39, 0.29) is 0 Å². The SMILES string of the molecule is C=C1Cc2ncccc2C(C)CCC2(CCCCC2)/C(C)=C/N=C1C(C)C. The van der Waals surface area contributed by atoms with Crippen molar-refractivity contribution in [3.63, 3.8) is 0 Å². The lowest BCUT2D eigenvalue weighted by atomic mass is 9.66. The van der Waals surface area contributed by atoms with E-state index >= 15 is 0 Å². The van der Waals surface area contributed by atoms with Gasteiger partial charge in [-0.05, 0) is 72.6 Å². The number of aromatic nitrogens is 1. The summed E-state index contributed by atoms with van der Waals surface area (Å²) in [5.41, 5.74) is 6.63. The van der Waals surface area contributed by atoms with Crippen LogP contribution in [-0.2, 0) is 6.42 Å². The molecule has 1 aromatic rings. The Morgan fingerprint density at radius 1 is 1.15 bits per heavy atom. The van der Waals surface area contributed by atoms with Crippen LogP contribution in [0.25, 0.3) is 0 Å². The largest absolute Gasteiger partial charge is 0.261 e. The van der Waals surface area contributed by atoms with Crippen LogP contribution in [0.2, 0.25) is 0 Å². The fourth-order valence-corrected chi connectivity index (χ4v) is 5.01. The van der Waals surface area contributed by atoms with Crippen LogP contribution in [0.3, 0.4) is 0 Å². The highest BCUT2D eigenvalue weighted by atomic mass is 14.7. The molecule has 1 aliphatic heterocycles. The van der Waals surface area contributed by atoms with Gasteiger partial charge < -0.3 is 0 Å².